The quantitative estimate of drug-likeness (QED) is 0.686. The Kier molecular flexibility index (Phi) is 4.11. The maximum Gasteiger partial charge on any atom is 0.337 e. The fraction of sp³-hybridized carbons (Fsp3) is 0.0556. The average Bonchev–Trinajstić information content (AvgIpc) is 3.01. The van der Waals surface area contributed by atoms with E-state index >= 15 is 0 Å². The molecule has 0 radical (unpaired) electrons. The van der Waals surface area contributed by atoms with Crippen molar-refractivity contribution >= 4 is 17.6 Å². The molecule has 1 amide bonds. The minimum Gasteiger partial charge on any atom is -0.478 e. The molecule has 0 saturated heterocycles. The summed E-state index contributed by atoms with van der Waals surface area (Å²) < 4.78 is 0. The molecule has 3 rings (SSSR count). The first kappa shape index (κ1) is 15.5. The van der Waals surface area contributed by atoms with Gasteiger partial charge in [0.1, 0.15) is 0 Å². The minimum atomic E-state index is -1.02. The van der Waals surface area contributed by atoms with Crippen molar-refractivity contribution in [1.29, 1.82) is 0 Å². The van der Waals surface area contributed by atoms with Gasteiger partial charge in [0.15, 0.2) is 0 Å². The van der Waals surface area contributed by atoms with Crippen molar-refractivity contribution in [3.05, 3.63) is 60.4 Å². The second-order valence-electron chi connectivity index (χ2n) is 5.27. The van der Waals surface area contributed by atoms with Gasteiger partial charge >= 0.3 is 5.97 Å². The van der Waals surface area contributed by atoms with Crippen LogP contribution in [0, 0.1) is 0 Å². The molecule has 3 aromatic rings. The van der Waals surface area contributed by atoms with Crippen LogP contribution in [-0.2, 0) is 4.79 Å². The molecule has 0 spiro atoms. The second kappa shape index (κ2) is 6.37. The molecule has 0 aliphatic heterocycles. The number of hydrogen-bond donors (Lipinski definition) is 3. The molecular weight excluding hydrogens is 306 g/mol. The number of aromatic carboxylic acids is 1. The van der Waals surface area contributed by atoms with Crippen molar-refractivity contribution in [3.63, 3.8) is 0 Å². The van der Waals surface area contributed by atoms with E-state index in [1.54, 1.807) is 54.9 Å². The number of aromatic nitrogens is 2. The third-order valence-electron chi connectivity index (χ3n) is 3.51. The normalized spacial score (nSPS) is 10.4. The minimum absolute atomic E-state index is 0.168. The van der Waals surface area contributed by atoms with E-state index in [2.05, 4.69) is 15.3 Å². The molecule has 0 aliphatic rings. The molecule has 0 atom stereocenters. The van der Waals surface area contributed by atoms with Gasteiger partial charge in [0.05, 0.1) is 11.3 Å². The van der Waals surface area contributed by atoms with Gasteiger partial charge in [-0.15, -0.1) is 0 Å². The first-order valence-corrected chi connectivity index (χ1v) is 7.29. The van der Waals surface area contributed by atoms with E-state index in [0.29, 0.717) is 22.6 Å². The molecule has 6 heteroatoms. The number of benzene rings is 1. The Labute approximate surface area is 138 Å². The van der Waals surface area contributed by atoms with Crippen molar-refractivity contribution in [3.8, 4) is 22.5 Å². The zero-order chi connectivity index (χ0) is 17.1. The fourth-order valence-electron chi connectivity index (χ4n) is 2.49. The number of nitrogens with zero attached hydrogens (tertiary/aromatic N) is 1. The van der Waals surface area contributed by atoms with Crippen LogP contribution in [0.15, 0.2) is 54.9 Å². The van der Waals surface area contributed by atoms with Crippen molar-refractivity contribution in [2.24, 2.45) is 0 Å². The molecule has 0 bridgehead atoms. The Morgan fingerprint density at radius 3 is 2.50 bits per heavy atom. The Morgan fingerprint density at radius 2 is 1.83 bits per heavy atom. The number of amides is 1. The second-order valence-corrected chi connectivity index (χ2v) is 5.27. The zero-order valence-corrected chi connectivity index (χ0v) is 12.9. The van der Waals surface area contributed by atoms with E-state index < -0.39 is 5.97 Å². The number of carboxylic acid groups (broad SMARTS) is 1. The molecule has 1 aromatic carbocycles. The summed E-state index contributed by atoms with van der Waals surface area (Å²) in [7, 11) is 0. The van der Waals surface area contributed by atoms with Crippen LogP contribution in [0.2, 0.25) is 0 Å². The summed E-state index contributed by atoms with van der Waals surface area (Å²) in [4.78, 5) is 29.9. The molecule has 0 aliphatic carbocycles. The van der Waals surface area contributed by atoms with Crippen LogP contribution in [0.1, 0.15) is 17.3 Å². The summed E-state index contributed by atoms with van der Waals surface area (Å²) >= 11 is 0. The third kappa shape index (κ3) is 3.17. The molecule has 24 heavy (non-hydrogen) atoms. The number of rotatable bonds is 4. The largest absolute Gasteiger partial charge is 0.478 e. The van der Waals surface area contributed by atoms with Gasteiger partial charge in [-0.25, -0.2) is 4.79 Å². The van der Waals surface area contributed by atoms with E-state index in [1.807, 2.05) is 0 Å². The zero-order valence-electron chi connectivity index (χ0n) is 12.9. The van der Waals surface area contributed by atoms with Crippen LogP contribution in [-0.4, -0.2) is 27.0 Å². The lowest BCUT2D eigenvalue weighted by Gasteiger charge is -2.06. The highest BCUT2D eigenvalue weighted by molar-refractivity contribution is 5.98. The number of pyridine rings is 1. The van der Waals surface area contributed by atoms with Crippen molar-refractivity contribution in [2.45, 2.75) is 6.92 Å². The third-order valence-corrected chi connectivity index (χ3v) is 3.51. The number of hydrogen-bond acceptors (Lipinski definition) is 3. The smallest absolute Gasteiger partial charge is 0.337 e. The van der Waals surface area contributed by atoms with Crippen LogP contribution >= 0.6 is 0 Å². The van der Waals surface area contributed by atoms with Crippen molar-refractivity contribution in [2.75, 3.05) is 5.32 Å². The number of carbonyl (C=O) groups excluding carboxylic acids is 1. The molecule has 2 aromatic heterocycles. The van der Waals surface area contributed by atoms with Gasteiger partial charge in [0, 0.05) is 41.8 Å². The molecule has 6 nitrogen and oxygen atoms in total. The number of aromatic amines is 1. The van der Waals surface area contributed by atoms with Gasteiger partial charge in [0.25, 0.3) is 0 Å². The summed E-state index contributed by atoms with van der Waals surface area (Å²) in [6.45, 7) is 1.42. The molecule has 120 valence electrons. The maximum absolute atomic E-state index is 11.6. The summed E-state index contributed by atoms with van der Waals surface area (Å²) in [6, 6.07) is 12.2. The van der Waals surface area contributed by atoms with Gasteiger partial charge in [-0.2, -0.15) is 0 Å². The van der Waals surface area contributed by atoms with Crippen molar-refractivity contribution < 1.29 is 14.7 Å². The lowest BCUT2D eigenvalue weighted by Crippen LogP contribution is -2.05. The van der Waals surface area contributed by atoms with Gasteiger partial charge in [-0.3, -0.25) is 9.78 Å². The average molecular weight is 321 g/mol. The first-order valence-electron chi connectivity index (χ1n) is 7.29. The molecule has 0 fully saturated rings. The van der Waals surface area contributed by atoms with Gasteiger partial charge < -0.3 is 15.4 Å². The molecule has 2 heterocycles. The summed E-state index contributed by atoms with van der Waals surface area (Å²) in [5.74, 6) is -1.21. The Morgan fingerprint density at radius 1 is 1.08 bits per heavy atom. The molecule has 0 saturated carbocycles. The lowest BCUT2D eigenvalue weighted by atomic mass is 10.1. The molecular formula is C18H15N3O3. The summed E-state index contributed by atoms with van der Waals surface area (Å²) in [5.41, 5.74) is 3.48. The number of carbonyl (C=O) groups is 2. The van der Waals surface area contributed by atoms with Gasteiger partial charge in [-0.1, -0.05) is 12.1 Å². The fourth-order valence-corrected chi connectivity index (χ4v) is 2.49. The number of carboxylic acids is 1. The summed E-state index contributed by atoms with van der Waals surface area (Å²) in [5, 5.41) is 12.2. The van der Waals surface area contributed by atoms with E-state index in [9.17, 15) is 14.7 Å². The molecule has 0 unspecified atom stereocenters. The van der Waals surface area contributed by atoms with Crippen molar-refractivity contribution in [1.82, 2.24) is 9.97 Å². The SMILES string of the molecule is CC(=O)Nc1cccc(-c2[nH]c(-c3ccncc3)cc2C(=O)O)c1. The number of nitrogens with one attached hydrogen (secondary N) is 2. The van der Waals surface area contributed by atoms with Crippen LogP contribution in [0.25, 0.3) is 22.5 Å². The monoisotopic (exact) mass is 321 g/mol. The lowest BCUT2D eigenvalue weighted by molar-refractivity contribution is -0.114. The van der Waals surface area contributed by atoms with Crippen LogP contribution in [0.5, 0.6) is 0 Å². The van der Waals surface area contributed by atoms with Crippen LogP contribution in [0.4, 0.5) is 5.69 Å². The van der Waals surface area contributed by atoms with E-state index in [-0.39, 0.29) is 11.5 Å². The van der Waals surface area contributed by atoms with Gasteiger partial charge in [-0.05, 0) is 30.3 Å². The molecule has 3 N–H and O–H groups in total. The standard InChI is InChI=1S/C18H15N3O3/c1-11(22)20-14-4-2-3-13(9-14)17-15(18(23)24)10-16(21-17)12-5-7-19-8-6-12/h2-10,21H,1H3,(H,20,22)(H,23,24). The number of H-pyrrole nitrogens is 1. The van der Waals surface area contributed by atoms with E-state index in [4.69, 9.17) is 0 Å². The highest BCUT2D eigenvalue weighted by Crippen LogP contribution is 2.30. The predicted octanol–water partition coefficient (Wildman–Crippen LogP) is 3.40. The topological polar surface area (TPSA) is 95.1 Å². The van der Waals surface area contributed by atoms with E-state index in [1.165, 1.54) is 6.92 Å². The Hall–Kier alpha value is -3.41. The Balaban J connectivity index is 2.09. The van der Waals surface area contributed by atoms with Crippen LogP contribution < -0.4 is 5.32 Å². The van der Waals surface area contributed by atoms with Crippen LogP contribution in [0.3, 0.4) is 0 Å². The highest BCUT2D eigenvalue weighted by Gasteiger charge is 2.17. The first-order chi connectivity index (χ1) is 11.5. The highest BCUT2D eigenvalue weighted by atomic mass is 16.4. The number of anilines is 1. The summed E-state index contributed by atoms with van der Waals surface area (Å²) in [6.07, 6.45) is 3.29. The Bertz CT molecular complexity index is 901. The maximum atomic E-state index is 11.6. The van der Waals surface area contributed by atoms with Gasteiger partial charge in [0.2, 0.25) is 5.91 Å². The predicted molar refractivity (Wildman–Crippen MR) is 90.7 cm³/mol. The van der Waals surface area contributed by atoms with E-state index in [0.717, 1.165) is 5.56 Å².